The quantitative estimate of drug-likeness (QED) is 0.281. The SMILES string of the molecule is O=C(O)[C@@H](O)[C@@H](O)[C@@H](O)[C@@H](O)C(=O)O.[Fe]. The van der Waals surface area contributed by atoms with Gasteiger partial charge in [-0.2, -0.15) is 0 Å². The molecule has 15 heavy (non-hydrogen) atoms. The molecular weight excluding hydrogens is 256 g/mol. The Morgan fingerprint density at radius 3 is 1.07 bits per heavy atom. The zero-order valence-electron chi connectivity index (χ0n) is 7.16. The summed E-state index contributed by atoms with van der Waals surface area (Å²) in [6, 6.07) is 0. The predicted octanol–water partition coefficient (Wildman–Crippen LogP) is -3.40. The Kier molecular flexibility index (Phi) is 7.49. The average molecular weight is 266 g/mol. The van der Waals surface area contributed by atoms with Crippen LogP contribution in [0.25, 0.3) is 0 Å². The molecule has 9 heteroatoms. The first-order valence-corrected chi connectivity index (χ1v) is 3.47. The van der Waals surface area contributed by atoms with Crippen LogP contribution in [-0.4, -0.2) is 67.0 Å². The second kappa shape index (κ2) is 6.72. The summed E-state index contributed by atoms with van der Waals surface area (Å²) < 4.78 is 0. The van der Waals surface area contributed by atoms with Gasteiger partial charge in [0.1, 0.15) is 12.2 Å². The van der Waals surface area contributed by atoms with Crippen molar-refractivity contribution in [3.8, 4) is 0 Å². The number of aliphatic carboxylic acids is 2. The molecule has 0 aromatic rings. The number of aliphatic hydroxyl groups is 4. The van der Waals surface area contributed by atoms with Crippen molar-refractivity contribution < 1.29 is 57.3 Å². The zero-order chi connectivity index (χ0) is 11.5. The summed E-state index contributed by atoms with van der Waals surface area (Å²) in [7, 11) is 0. The molecule has 0 aliphatic rings. The molecule has 0 aromatic carbocycles. The Bertz CT molecular complexity index is 207. The van der Waals surface area contributed by atoms with Gasteiger partial charge in [0.2, 0.25) is 0 Å². The van der Waals surface area contributed by atoms with Gasteiger partial charge in [-0.05, 0) is 0 Å². The summed E-state index contributed by atoms with van der Waals surface area (Å²) in [5, 5.41) is 51.5. The molecule has 0 aromatic heterocycles. The number of carbonyl (C=O) groups is 2. The van der Waals surface area contributed by atoms with E-state index < -0.39 is 36.4 Å². The van der Waals surface area contributed by atoms with Crippen LogP contribution < -0.4 is 0 Å². The Hall–Kier alpha value is -0.701. The van der Waals surface area contributed by atoms with E-state index in [-0.39, 0.29) is 17.1 Å². The second-order valence-electron chi connectivity index (χ2n) is 2.55. The van der Waals surface area contributed by atoms with Crippen molar-refractivity contribution in [2.24, 2.45) is 0 Å². The Labute approximate surface area is 94.2 Å². The van der Waals surface area contributed by atoms with Crippen LogP contribution in [0, 0.1) is 0 Å². The van der Waals surface area contributed by atoms with Gasteiger partial charge in [0.15, 0.2) is 12.2 Å². The Morgan fingerprint density at radius 1 is 0.733 bits per heavy atom. The number of aliphatic hydroxyl groups excluding tert-OH is 4. The van der Waals surface area contributed by atoms with Crippen LogP contribution in [0.3, 0.4) is 0 Å². The summed E-state index contributed by atoms with van der Waals surface area (Å²) in [6.07, 6.45) is -9.28. The Morgan fingerprint density at radius 2 is 0.933 bits per heavy atom. The Balaban J connectivity index is 0. The van der Waals surface area contributed by atoms with E-state index in [1.54, 1.807) is 0 Å². The summed E-state index contributed by atoms with van der Waals surface area (Å²) in [4.78, 5) is 20.2. The van der Waals surface area contributed by atoms with Crippen molar-refractivity contribution >= 4 is 11.9 Å². The van der Waals surface area contributed by atoms with E-state index in [9.17, 15) is 9.59 Å². The molecule has 0 heterocycles. The molecule has 0 saturated carbocycles. The van der Waals surface area contributed by atoms with Gasteiger partial charge in [0.05, 0.1) is 0 Å². The topological polar surface area (TPSA) is 156 Å². The molecule has 0 saturated heterocycles. The predicted molar refractivity (Wildman–Crippen MR) is 39.3 cm³/mol. The zero-order valence-corrected chi connectivity index (χ0v) is 8.27. The van der Waals surface area contributed by atoms with Gasteiger partial charge in [-0.15, -0.1) is 0 Å². The minimum Gasteiger partial charge on any atom is -0.479 e. The number of carboxylic acid groups (broad SMARTS) is 2. The summed E-state index contributed by atoms with van der Waals surface area (Å²) >= 11 is 0. The molecule has 4 atom stereocenters. The van der Waals surface area contributed by atoms with E-state index in [2.05, 4.69) is 0 Å². The van der Waals surface area contributed by atoms with Crippen LogP contribution in [0.15, 0.2) is 0 Å². The fourth-order valence-corrected chi connectivity index (χ4v) is 0.666. The largest absolute Gasteiger partial charge is 0.479 e. The van der Waals surface area contributed by atoms with Crippen LogP contribution in [0.4, 0.5) is 0 Å². The van der Waals surface area contributed by atoms with Crippen LogP contribution in [0.5, 0.6) is 0 Å². The summed E-state index contributed by atoms with van der Waals surface area (Å²) in [6.45, 7) is 0. The van der Waals surface area contributed by atoms with E-state index in [0.29, 0.717) is 0 Å². The summed E-state index contributed by atoms with van der Waals surface area (Å²) in [5.74, 6) is -3.68. The minimum atomic E-state index is -2.36. The maximum Gasteiger partial charge on any atom is 0.335 e. The maximum absolute atomic E-state index is 10.1. The third-order valence-electron chi connectivity index (χ3n) is 1.50. The van der Waals surface area contributed by atoms with E-state index in [1.165, 1.54) is 0 Å². The number of rotatable bonds is 5. The van der Waals surface area contributed by atoms with Gasteiger partial charge >= 0.3 is 11.9 Å². The van der Waals surface area contributed by atoms with Crippen molar-refractivity contribution in [2.45, 2.75) is 24.4 Å². The fourth-order valence-electron chi connectivity index (χ4n) is 0.666. The van der Waals surface area contributed by atoms with Crippen molar-refractivity contribution in [3.05, 3.63) is 0 Å². The standard InChI is InChI=1S/C6H10O8.Fe/c7-1(3(9)5(11)12)2(8)4(10)6(13)14;/h1-4,7-10H,(H,11,12)(H,13,14);/t1-,2+,3-,4+;. The van der Waals surface area contributed by atoms with E-state index in [1.807, 2.05) is 0 Å². The van der Waals surface area contributed by atoms with Gasteiger partial charge < -0.3 is 30.6 Å². The molecule has 0 unspecified atom stereocenters. The van der Waals surface area contributed by atoms with Crippen LogP contribution in [0.2, 0.25) is 0 Å². The molecule has 0 bridgehead atoms. The van der Waals surface area contributed by atoms with Crippen LogP contribution >= 0.6 is 0 Å². The van der Waals surface area contributed by atoms with Crippen LogP contribution in [-0.2, 0) is 26.7 Å². The van der Waals surface area contributed by atoms with Crippen LogP contribution in [0.1, 0.15) is 0 Å². The van der Waals surface area contributed by atoms with E-state index >= 15 is 0 Å². The molecule has 0 aliphatic carbocycles. The molecule has 0 fully saturated rings. The first kappa shape index (κ1) is 16.7. The molecule has 0 rings (SSSR count). The number of hydrogen-bond acceptors (Lipinski definition) is 6. The smallest absolute Gasteiger partial charge is 0.335 e. The average Bonchev–Trinajstić information content (AvgIpc) is 2.12. The number of hydrogen-bond donors (Lipinski definition) is 6. The molecule has 6 N–H and O–H groups in total. The molecule has 0 spiro atoms. The first-order valence-electron chi connectivity index (χ1n) is 3.47. The first-order chi connectivity index (χ1) is 6.29. The molecule has 0 amide bonds. The second-order valence-corrected chi connectivity index (χ2v) is 2.55. The fraction of sp³-hybridized carbons (Fsp3) is 0.667. The monoisotopic (exact) mass is 266 g/mol. The normalized spacial score (nSPS) is 18.1. The number of carboxylic acids is 2. The minimum absolute atomic E-state index is 0. The van der Waals surface area contributed by atoms with Gasteiger partial charge in [-0.1, -0.05) is 0 Å². The van der Waals surface area contributed by atoms with Gasteiger partial charge in [0.25, 0.3) is 0 Å². The molecule has 8 nitrogen and oxygen atoms in total. The van der Waals surface area contributed by atoms with Crippen molar-refractivity contribution in [1.29, 1.82) is 0 Å². The molecule has 0 aliphatic heterocycles. The van der Waals surface area contributed by atoms with Crippen molar-refractivity contribution in [3.63, 3.8) is 0 Å². The third kappa shape index (κ3) is 4.56. The van der Waals surface area contributed by atoms with E-state index in [4.69, 9.17) is 30.6 Å². The molecular formula is C6H10FeO8. The third-order valence-corrected chi connectivity index (χ3v) is 1.50. The van der Waals surface area contributed by atoms with Gasteiger partial charge in [-0.25, -0.2) is 9.59 Å². The van der Waals surface area contributed by atoms with Gasteiger partial charge in [0, 0.05) is 17.1 Å². The van der Waals surface area contributed by atoms with Crippen molar-refractivity contribution in [1.82, 2.24) is 0 Å². The molecule has 0 radical (unpaired) electrons. The van der Waals surface area contributed by atoms with Gasteiger partial charge in [-0.3, -0.25) is 0 Å². The van der Waals surface area contributed by atoms with E-state index in [0.717, 1.165) is 0 Å². The maximum atomic E-state index is 10.1. The molecule has 90 valence electrons. The van der Waals surface area contributed by atoms with Crippen molar-refractivity contribution in [2.75, 3.05) is 0 Å². The summed E-state index contributed by atoms with van der Waals surface area (Å²) in [5.41, 5.74) is 0.